The highest BCUT2D eigenvalue weighted by molar-refractivity contribution is 5.77. The Hall–Kier alpha value is -1.47. The Morgan fingerprint density at radius 2 is 2.09 bits per heavy atom. The van der Waals surface area contributed by atoms with Crippen molar-refractivity contribution in [2.24, 2.45) is 0 Å². The maximum atomic E-state index is 11.7. The number of carbonyl (C=O) groups excluding carboxylic acids is 1. The number of ether oxygens (including phenoxy) is 2. The van der Waals surface area contributed by atoms with Crippen LogP contribution in [-0.4, -0.2) is 63.9 Å². The van der Waals surface area contributed by atoms with Crippen LogP contribution < -0.4 is 10.6 Å². The number of carbonyl (C=O) groups is 1. The van der Waals surface area contributed by atoms with Gasteiger partial charge in [-0.25, -0.2) is 0 Å². The average Bonchev–Trinajstić information content (AvgIpc) is 2.58. The highest BCUT2D eigenvalue weighted by Crippen LogP contribution is 2.10. The van der Waals surface area contributed by atoms with Gasteiger partial charge in [0, 0.05) is 39.8 Å². The molecule has 2 rings (SSSR count). The van der Waals surface area contributed by atoms with Crippen LogP contribution in [0.2, 0.25) is 0 Å². The third-order valence-electron chi connectivity index (χ3n) is 3.76. The smallest absolute Gasteiger partial charge is 0.234 e. The van der Waals surface area contributed by atoms with Crippen molar-refractivity contribution < 1.29 is 14.3 Å². The van der Waals surface area contributed by atoms with Gasteiger partial charge in [-0.3, -0.25) is 9.69 Å². The van der Waals surface area contributed by atoms with E-state index in [2.05, 4.69) is 27.7 Å². The molecule has 1 aliphatic rings. The molecule has 1 amide bonds. The molecule has 0 saturated carbocycles. The fourth-order valence-electron chi connectivity index (χ4n) is 2.49. The Morgan fingerprint density at radius 1 is 1.30 bits per heavy atom. The SMILES string of the molecule is COCCNCC(=O)NCc1cccc(CN2CCOCC2)c1. The van der Waals surface area contributed by atoms with Gasteiger partial charge < -0.3 is 20.1 Å². The summed E-state index contributed by atoms with van der Waals surface area (Å²) in [6.45, 7) is 6.68. The fourth-order valence-corrected chi connectivity index (χ4v) is 2.49. The van der Waals surface area contributed by atoms with Crippen LogP contribution in [0.25, 0.3) is 0 Å². The number of nitrogens with zero attached hydrogens (tertiary/aromatic N) is 1. The molecule has 1 aromatic rings. The number of morpholine rings is 1. The summed E-state index contributed by atoms with van der Waals surface area (Å²) < 4.78 is 10.3. The van der Waals surface area contributed by atoms with E-state index in [-0.39, 0.29) is 5.91 Å². The predicted molar refractivity (Wildman–Crippen MR) is 89.1 cm³/mol. The first kappa shape index (κ1) is 17.9. The minimum Gasteiger partial charge on any atom is -0.383 e. The molecule has 6 heteroatoms. The Bertz CT molecular complexity index is 476. The number of methoxy groups -OCH3 is 1. The molecule has 0 spiro atoms. The van der Waals surface area contributed by atoms with E-state index >= 15 is 0 Å². The predicted octanol–water partition coefficient (Wildman–Crippen LogP) is 0.371. The third kappa shape index (κ3) is 7.09. The molecular formula is C17H27N3O3. The number of amides is 1. The summed E-state index contributed by atoms with van der Waals surface area (Å²) in [6.07, 6.45) is 0. The lowest BCUT2D eigenvalue weighted by molar-refractivity contribution is -0.120. The summed E-state index contributed by atoms with van der Waals surface area (Å²) in [6, 6.07) is 8.39. The Balaban J connectivity index is 1.72. The summed E-state index contributed by atoms with van der Waals surface area (Å²) >= 11 is 0. The van der Waals surface area contributed by atoms with Gasteiger partial charge in [0.2, 0.25) is 5.91 Å². The van der Waals surface area contributed by atoms with Crippen molar-refractivity contribution in [2.75, 3.05) is 53.1 Å². The number of benzene rings is 1. The topological polar surface area (TPSA) is 62.8 Å². The molecule has 2 N–H and O–H groups in total. The van der Waals surface area contributed by atoms with E-state index in [4.69, 9.17) is 9.47 Å². The molecule has 1 aromatic carbocycles. The zero-order chi connectivity index (χ0) is 16.3. The Labute approximate surface area is 138 Å². The fraction of sp³-hybridized carbons (Fsp3) is 0.588. The van der Waals surface area contributed by atoms with Gasteiger partial charge in [-0.15, -0.1) is 0 Å². The van der Waals surface area contributed by atoms with Gasteiger partial charge in [0.05, 0.1) is 26.4 Å². The van der Waals surface area contributed by atoms with Crippen LogP contribution in [0.1, 0.15) is 11.1 Å². The van der Waals surface area contributed by atoms with Crippen LogP contribution in [0.5, 0.6) is 0 Å². The molecule has 1 saturated heterocycles. The van der Waals surface area contributed by atoms with Gasteiger partial charge in [-0.2, -0.15) is 0 Å². The number of rotatable bonds is 9. The largest absolute Gasteiger partial charge is 0.383 e. The normalized spacial score (nSPS) is 15.5. The van der Waals surface area contributed by atoms with E-state index in [9.17, 15) is 4.79 Å². The van der Waals surface area contributed by atoms with Gasteiger partial charge in [-0.05, 0) is 11.1 Å². The van der Waals surface area contributed by atoms with Crippen LogP contribution in [0, 0.1) is 0 Å². The van der Waals surface area contributed by atoms with Crippen molar-refractivity contribution in [1.82, 2.24) is 15.5 Å². The van der Waals surface area contributed by atoms with E-state index in [1.165, 1.54) is 5.56 Å². The van der Waals surface area contributed by atoms with Crippen molar-refractivity contribution in [3.63, 3.8) is 0 Å². The number of hydrogen-bond donors (Lipinski definition) is 2. The molecular weight excluding hydrogens is 294 g/mol. The molecule has 1 fully saturated rings. The minimum atomic E-state index is -0.000291. The second-order valence-corrected chi connectivity index (χ2v) is 5.65. The highest BCUT2D eigenvalue weighted by atomic mass is 16.5. The van der Waals surface area contributed by atoms with Crippen molar-refractivity contribution in [1.29, 1.82) is 0 Å². The van der Waals surface area contributed by atoms with Crippen molar-refractivity contribution in [3.8, 4) is 0 Å². The first-order valence-corrected chi connectivity index (χ1v) is 8.12. The maximum Gasteiger partial charge on any atom is 0.234 e. The average molecular weight is 321 g/mol. The lowest BCUT2D eigenvalue weighted by Gasteiger charge is -2.26. The maximum absolute atomic E-state index is 11.7. The van der Waals surface area contributed by atoms with Crippen LogP contribution in [0.15, 0.2) is 24.3 Å². The summed E-state index contributed by atoms with van der Waals surface area (Å²) in [4.78, 5) is 14.1. The number of nitrogens with one attached hydrogen (secondary N) is 2. The molecule has 1 heterocycles. The van der Waals surface area contributed by atoms with Gasteiger partial charge in [0.1, 0.15) is 0 Å². The van der Waals surface area contributed by atoms with Crippen LogP contribution in [0.3, 0.4) is 0 Å². The van der Waals surface area contributed by atoms with E-state index in [0.717, 1.165) is 38.4 Å². The van der Waals surface area contributed by atoms with Gasteiger partial charge in [-0.1, -0.05) is 24.3 Å². The van der Waals surface area contributed by atoms with E-state index in [0.29, 0.717) is 26.2 Å². The molecule has 0 radical (unpaired) electrons. The lowest BCUT2D eigenvalue weighted by atomic mass is 10.1. The molecule has 0 atom stereocenters. The molecule has 0 aromatic heterocycles. The van der Waals surface area contributed by atoms with Gasteiger partial charge >= 0.3 is 0 Å². The summed E-state index contributed by atoms with van der Waals surface area (Å²) in [7, 11) is 1.64. The first-order chi connectivity index (χ1) is 11.3. The van der Waals surface area contributed by atoms with Gasteiger partial charge in [0.15, 0.2) is 0 Å². The van der Waals surface area contributed by atoms with E-state index in [1.54, 1.807) is 7.11 Å². The first-order valence-electron chi connectivity index (χ1n) is 8.12. The van der Waals surface area contributed by atoms with Crippen LogP contribution >= 0.6 is 0 Å². The molecule has 0 aliphatic carbocycles. The zero-order valence-electron chi connectivity index (χ0n) is 13.8. The van der Waals surface area contributed by atoms with Gasteiger partial charge in [0.25, 0.3) is 0 Å². The van der Waals surface area contributed by atoms with E-state index < -0.39 is 0 Å². The molecule has 0 bridgehead atoms. The molecule has 1 aliphatic heterocycles. The Kier molecular flexibility index (Phi) is 8.03. The molecule has 6 nitrogen and oxygen atoms in total. The molecule has 128 valence electrons. The number of hydrogen-bond acceptors (Lipinski definition) is 5. The van der Waals surface area contributed by atoms with Crippen molar-refractivity contribution >= 4 is 5.91 Å². The lowest BCUT2D eigenvalue weighted by Crippen LogP contribution is -2.35. The summed E-state index contributed by atoms with van der Waals surface area (Å²) in [5.41, 5.74) is 2.40. The summed E-state index contributed by atoms with van der Waals surface area (Å²) in [5, 5.41) is 5.96. The molecule has 23 heavy (non-hydrogen) atoms. The van der Waals surface area contributed by atoms with Crippen molar-refractivity contribution in [2.45, 2.75) is 13.1 Å². The zero-order valence-corrected chi connectivity index (χ0v) is 13.8. The second kappa shape index (κ2) is 10.3. The summed E-state index contributed by atoms with van der Waals surface area (Å²) in [5.74, 6) is -0.000291. The van der Waals surface area contributed by atoms with Crippen LogP contribution in [-0.2, 0) is 27.4 Å². The Morgan fingerprint density at radius 3 is 2.87 bits per heavy atom. The van der Waals surface area contributed by atoms with E-state index in [1.807, 2.05) is 12.1 Å². The third-order valence-corrected chi connectivity index (χ3v) is 3.76. The standard InChI is InChI=1S/C17H27N3O3/c1-22-8-5-18-13-17(21)19-12-15-3-2-4-16(11-15)14-20-6-9-23-10-7-20/h2-4,11,18H,5-10,12-14H2,1H3,(H,19,21). The van der Waals surface area contributed by atoms with Crippen LogP contribution in [0.4, 0.5) is 0 Å². The monoisotopic (exact) mass is 321 g/mol. The second-order valence-electron chi connectivity index (χ2n) is 5.65. The minimum absolute atomic E-state index is 0.000291. The highest BCUT2D eigenvalue weighted by Gasteiger charge is 2.10. The quantitative estimate of drug-likeness (QED) is 0.644. The van der Waals surface area contributed by atoms with Crippen molar-refractivity contribution in [3.05, 3.63) is 35.4 Å². The molecule has 0 unspecified atom stereocenters.